The topological polar surface area (TPSA) is 75.2 Å². The second kappa shape index (κ2) is 6.59. The van der Waals surface area contributed by atoms with Gasteiger partial charge in [-0.2, -0.15) is 0 Å². The number of aryl methyl sites for hydroxylation is 2. The molecule has 0 atom stereocenters. The lowest BCUT2D eigenvalue weighted by Gasteiger charge is -2.14. The molecule has 0 aliphatic rings. The van der Waals surface area contributed by atoms with E-state index in [-0.39, 0.29) is 11.4 Å². The summed E-state index contributed by atoms with van der Waals surface area (Å²) in [5.74, 6) is 0.442. The van der Waals surface area contributed by atoms with Gasteiger partial charge in [-0.15, -0.1) is 0 Å². The van der Waals surface area contributed by atoms with E-state index in [1.54, 1.807) is 13.0 Å². The Morgan fingerprint density at radius 1 is 1.17 bits per heavy atom. The molecule has 0 aliphatic heterocycles. The number of hydrogen-bond acceptors (Lipinski definition) is 5. The van der Waals surface area contributed by atoms with E-state index in [1.165, 1.54) is 12.1 Å². The van der Waals surface area contributed by atoms with E-state index < -0.39 is 15.8 Å². The third kappa shape index (κ3) is 4.23. The summed E-state index contributed by atoms with van der Waals surface area (Å²) >= 11 is 0. The molecule has 1 N–H and O–H groups in total. The van der Waals surface area contributed by atoms with Crippen LogP contribution in [0.1, 0.15) is 17.1 Å². The second-order valence-corrected chi connectivity index (χ2v) is 7.15. The summed E-state index contributed by atoms with van der Waals surface area (Å²) in [5, 5.41) is 0. The molecule has 0 amide bonds. The molecule has 1 aromatic carbocycles. The fourth-order valence-electron chi connectivity index (χ4n) is 2.02. The van der Waals surface area contributed by atoms with Crippen LogP contribution in [0.15, 0.2) is 29.2 Å². The third-order valence-corrected chi connectivity index (χ3v) is 4.75. The Hall–Kier alpha value is -2.06. The Morgan fingerprint density at radius 3 is 2.52 bits per heavy atom. The van der Waals surface area contributed by atoms with Gasteiger partial charge in [0.15, 0.2) is 0 Å². The predicted octanol–water partition coefficient (Wildman–Crippen LogP) is 1.78. The first-order chi connectivity index (χ1) is 10.7. The maximum absolute atomic E-state index is 13.3. The van der Waals surface area contributed by atoms with Gasteiger partial charge >= 0.3 is 0 Å². The summed E-state index contributed by atoms with van der Waals surface area (Å²) in [6, 6.07) is 5.45. The predicted molar refractivity (Wildman–Crippen MR) is 86.3 cm³/mol. The molecule has 0 fully saturated rings. The first kappa shape index (κ1) is 17.3. The Kier molecular flexibility index (Phi) is 4.96. The molecule has 0 bridgehead atoms. The number of sulfonamides is 1. The van der Waals surface area contributed by atoms with Gasteiger partial charge in [-0.05, 0) is 31.5 Å². The Balaban J connectivity index is 2.24. The highest BCUT2D eigenvalue weighted by molar-refractivity contribution is 7.89. The van der Waals surface area contributed by atoms with Crippen molar-refractivity contribution in [3.8, 4) is 0 Å². The zero-order chi connectivity index (χ0) is 17.2. The van der Waals surface area contributed by atoms with Gasteiger partial charge in [0.05, 0.1) is 11.4 Å². The Morgan fingerprint density at radius 2 is 1.87 bits per heavy atom. The molecule has 124 valence electrons. The van der Waals surface area contributed by atoms with Crippen LogP contribution in [0.3, 0.4) is 0 Å². The van der Waals surface area contributed by atoms with E-state index in [0.717, 1.165) is 11.8 Å². The minimum atomic E-state index is -3.84. The van der Waals surface area contributed by atoms with E-state index in [4.69, 9.17) is 0 Å². The molecule has 0 aliphatic carbocycles. The minimum absolute atomic E-state index is 0.0686. The number of halogens is 1. The van der Waals surface area contributed by atoms with Crippen molar-refractivity contribution in [2.75, 3.05) is 19.0 Å². The molecule has 23 heavy (non-hydrogen) atoms. The summed E-state index contributed by atoms with van der Waals surface area (Å²) in [4.78, 5) is 10.2. The molecule has 2 rings (SSSR count). The Bertz CT molecular complexity index is 822. The number of benzene rings is 1. The minimum Gasteiger partial charge on any atom is -0.363 e. The molecule has 0 saturated heterocycles. The zero-order valence-corrected chi connectivity index (χ0v) is 14.3. The van der Waals surface area contributed by atoms with Crippen molar-refractivity contribution in [2.45, 2.75) is 25.3 Å². The van der Waals surface area contributed by atoms with E-state index in [9.17, 15) is 12.8 Å². The largest absolute Gasteiger partial charge is 0.363 e. The lowest BCUT2D eigenvalue weighted by molar-refractivity contribution is 0.574. The fourth-order valence-corrected chi connectivity index (χ4v) is 3.26. The molecule has 6 nitrogen and oxygen atoms in total. The van der Waals surface area contributed by atoms with Crippen LogP contribution in [-0.4, -0.2) is 32.5 Å². The van der Waals surface area contributed by atoms with Crippen LogP contribution >= 0.6 is 0 Å². The number of nitrogens with one attached hydrogen (secondary N) is 1. The van der Waals surface area contributed by atoms with E-state index in [1.807, 2.05) is 25.9 Å². The summed E-state index contributed by atoms with van der Waals surface area (Å²) in [7, 11) is -0.163. The van der Waals surface area contributed by atoms with Crippen LogP contribution in [-0.2, 0) is 16.6 Å². The van der Waals surface area contributed by atoms with Crippen LogP contribution < -0.4 is 9.62 Å². The number of anilines is 1. The first-order valence-corrected chi connectivity index (χ1v) is 8.45. The number of rotatable bonds is 5. The lowest BCUT2D eigenvalue weighted by atomic mass is 10.2. The molecule has 0 saturated carbocycles. The normalized spacial score (nSPS) is 11.5. The maximum atomic E-state index is 13.3. The smallest absolute Gasteiger partial charge is 0.241 e. The molecule has 1 aromatic heterocycles. The van der Waals surface area contributed by atoms with Crippen molar-refractivity contribution < 1.29 is 12.8 Å². The van der Waals surface area contributed by atoms with Crippen molar-refractivity contribution in [2.24, 2.45) is 0 Å². The van der Waals surface area contributed by atoms with Gasteiger partial charge in [0.2, 0.25) is 10.0 Å². The van der Waals surface area contributed by atoms with Crippen molar-refractivity contribution >= 4 is 15.8 Å². The van der Waals surface area contributed by atoms with Crippen LogP contribution in [0, 0.1) is 19.7 Å². The molecular weight excluding hydrogens is 319 g/mol. The highest BCUT2D eigenvalue weighted by Crippen LogP contribution is 2.17. The lowest BCUT2D eigenvalue weighted by Crippen LogP contribution is -2.25. The summed E-state index contributed by atoms with van der Waals surface area (Å²) < 4.78 is 40.4. The van der Waals surface area contributed by atoms with E-state index in [2.05, 4.69) is 14.7 Å². The van der Waals surface area contributed by atoms with E-state index >= 15 is 0 Å². The van der Waals surface area contributed by atoms with Crippen molar-refractivity contribution in [1.29, 1.82) is 0 Å². The number of nitrogens with zero attached hydrogens (tertiary/aromatic N) is 3. The number of hydrogen-bond donors (Lipinski definition) is 1. The van der Waals surface area contributed by atoms with Gasteiger partial charge < -0.3 is 4.90 Å². The maximum Gasteiger partial charge on any atom is 0.241 e. The molecule has 8 heteroatoms. The SMILES string of the molecule is Cc1cc(N(C)C)nc(CNS(=O)(=O)c2cc(F)ccc2C)n1. The summed E-state index contributed by atoms with van der Waals surface area (Å²) in [5.41, 5.74) is 1.21. The first-order valence-electron chi connectivity index (χ1n) is 6.97. The van der Waals surface area contributed by atoms with Crippen LogP contribution in [0.4, 0.5) is 10.2 Å². The quantitative estimate of drug-likeness (QED) is 0.899. The average Bonchev–Trinajstić information content (AvgIpc) is 2.47. The van der Waals surface area contributed by atoms with Crippen molar-refractivity contribution in [1.82, 2.24) is 14.7 Å². The van der Waals surface area contributed by atoms with Gasteiger partial charge in [0.25, 0.3) is 0 Å². The molecule has 1 heterocycles. The zero-order valence-electron chi connectivity index (χ0n) is 13.5. The number of aromatic nitrogens is 2. The van der Waals surface area contributed by atoms with Crippen LogP contribution in [0.5, 0.6) is 0 Å². The van der Waals surface area contributed by atoms with E-state index in [0.29, 0.717) is 17.2 Å². The van der Waals surface area contributed by atoms with Crippen molar-refractivity contribution in [3.05, 3.63) is 47.2 Å². The fraction of sp³-hybridized carbons (Fsp3) is 0.333. The molecular formula is C15H19FN4O2S. The van der Waals surface area contributed by atoms with Gasteiger partial charge in [0, 0.05) is 25.9 Å². The highest BCUT2D eigenvalue weighted by atomic mass is 32.2. The van der Waals surface area contributed by atoms with Gasteiger partial charge in [-0.1, -0.05) is 6.07 Å². The van der Waals surface area contributed by atoms with Crippen LogP contribution in [0.25, 0.3) is 0 Å². The monoisotopic (exact) mass is 338 g/mol. The molecule has 0 unspecified atom stereocenters. The van der Waals surface area contributed by atoms with Gasteiger partial charge in [0.1, 0.15) is 17.5 Å². The summed E-state index contributed by atoms with van der Waals surface area (Å²) in [6.07, 6.45) is 0. The van der Waals surface area contributed by atoms with Crippen molar-refractivity contribution in [3.63, 3.8) is 0 Å². The summed E-state index contributed by atoms with van der Waals surface area (Å²) in [6.45, 7) is 3.35. The second-order valence-electron chi connectivity index (χ2n) is 5.41. The Labute approximate surface area is 135 Å². The molecule has 2 aromatic rings. The van der Waals surface area contributed by atoms with Crippen LogP contribution in [0.2, 0.25) is 0 Å². The van der Waals surface area contributed by atoms with Gasteiger partial charge in [-0.25, -0.2) is 27.5 Å². The average molecular weight is 338 g/mol. The highest BCUT2D eigenvalue weighted by Gasteiger charge is 2.18. The molecule has 0 radical (unpaired) electrons. The van der Waals surface area contributed by atoms with Gasteiger partial charge in [-0.3, -0.25) is 0 Å². The molecule has 0 spiro atoms. The third-order valence-electron chi connectivity index (χ3n) is 3.21. The standard InChI is InChI=1S/C15H19FN4O2S/c1-10-5-6-12(16)8-13(10)23(21,22)17-9-14-18-11(2)7-15(19-14)20(3)4/h5-8,17H,9H2,1-4H3.